The van der Waals surface area contributed by atoms with Gasteiger partial charge in [0.1, 0.15) is 0 Å². The standard InChI is InChI=1S/C18H19N3O2S/c1-21-10-9-13-7-8-15(11-17(13)21)19-18(22)20-16-6-4-3-5-14(16)12-24(2)23/h3-11H,12H2,1-2H3,(H2,19,20,22)/t24-/m0/s1. The molecule has 0 radical (unpaired) electrons. The minimum atomic E-state index is -0.968. The van der Waals surface area contributed by atoms with Crippen LogP contribution in [0.4, 0.5) is 16.2 Å². The first kappa shape index (κ1) is 16.3. The topological polar surface area (TPSA) is 63.1 Å². The number of amides is 2. The molecule has 1 heterocycles. The summed E-state index contributed by atoms with van der Waals surface area (Å²) in [6.45, 7) is 0. The summed E-state index contributed by atoms with van der Waals surface area (Å²) in [5.74, 6) is 0.408. The molecule has 0 bridgehead atoms. The highest BCUT2D eigenvalue weighted by Gasteiger charge is 2.08. The Labute approximate surface area is 143 Å². The van der Waals surface area contributed by atoms with Gasteiger partial charge in [-0.05, 0) is 35.2 Å². The van der Waals surface area contributed by atoms with E-state index < -0.39 is 10.8 Å². The van der Waals surface area contributed by atoms with Crippen molar-refractivity contribution < 1.29 is 9.00 Å². The van der Waals surface area contributed by atoms with Gasteiger partial charge in [0.15, 0.2) is 0 Å². The second-order valence-corrected chi connectivity index (χ2v) is 7.09. The summed E-state index contributed by atoms with van der Waals surface area (Å²) in [6, 6.07) is 14.9. The number of hydrogen-bond donors (Lipinski definition) is 2. The van der Waals surface area contributed by atoms with Crippen molar-refractivity contribution in [2.75, 3.05) is 16.9 Å². The molecule has 0 spiro atoms. The predicted octanol–water partition coefficient (Wildman–Crippen LogP) is 3.70. The molecule has 5 nitrogen and oxygen atoms in total. The number of aryl methyl sites for hydroxylation is 1. The number of hydrogen-bond acceptors (Lipinski definition) is 2. The molecule has 2 aromatic carbocycles. The van der Waals surface area contributed by atoms with Crippen LogP contribution in [0.1, 0.15) is 5.56 Å². The average Bonchev–Trinajstić information content (AvgIpc) is 2.90. The van der Waals surface area contributed by atoms with E-state index in [9.17, 15) is 9.00 Å². The van der Waals surface area contributed by atoms with Gasteiger partial charge in [-0.15, -0.1) is 0 Å². The lowest BCUT2D eigenvalue weighted by Gasteiger charge is -2.11. The molecule has 3 rings (SSSR count). The maximum atomic E-state index is 12.3. The maximum Gasteiger partial charge on any atom is 0.323 e. The molecule has 2 N–H and O–H groups in total. The van der Waals surface area contributed by atoms with Crippen LogP contribution in [-0.4, -0.2) is 21.1 Å². The van der Waals surface area contributed by atoms with Crippen molar-refractivity contribution in [1.82, 2.24) is 4.57 Å². The molecule has 0 saturated heterocycles. The summed E-state index contributed by atoms with van der Waals surface area (Å²) >= 11 is 0. The Bertz CT molecular complexity index is 918. The molecule has 6 heteroatoms. The number of aromatic nitrogens is 1. The van der Waals surface area contributed by atoms with E-state index in [0.29, 0.717) is 11.4 Å². The Morgan fingerprint density at radius 1 is 1.12 bits per heavy atom. The SMILES string of the molecule is Cn1ccc2ccc(NC(=O)Nc3ccccc3C[S@](C)=O)cc21. The van der Waals surface area contributed by atoms with Gasteiger partial charge in [0.25, 0.3) is 0 Å². The summed E-state index contributed by atoms with van der Waals surface area (Å²) in [4.78, 5) is 12.3. The minimum Gasteiger partial charge on any atom is -0.350 e. The second kappa shape index (κ2) is 6.88. The van der Waals surface area contributed by atoms with Gasteiger partial charge in [0.2, 0.25) is 0 Å². The van der Waals surface area contributed by atoms with E-state index in [-0.39, 0.29) is 6.03 Å². The number of para-hydroxylation sites is 1. The zero-order valence-corrected chi connectivity index (χ0v) is 14.4. The second-order valence-electron chi connectivity index (χ2n) is 5.65. The van der Waals surface area contributed by atoms with Gasteiger partial charge >= 0.3 is 6.03 Å². The number of benzene rings is 2. The number of nitrogens with zero attached hydrogens (tertiary/aromatic N) is 1. The van der Waals surface area contributed by atoms with Crippen molar-refractivity contribution in [3.05, 3.63) is 60.3 Å². The monoisotopic (exact) mass is 341 g/mol. The van der Waals surface area contributed by atoms with E-state index in [1.807, 2.05) is 66.3 Å². The van der Waals surface area contributed by atoms with E-state index >= 15 is 0 Å². The number of carbonyl (C=O) groups is 1. The molecule has 1 atom stereocenters. The van der Waals surface area contributed by atoms with Gasteiger partial charge in [-0.2, -0.15) is 0 Å². The van der Waals surface area contributed by atoms with Crippen LogP contribution in [0.5, 0.6) is 0 Å². The van der Waals surface area contributed by atoms with Crippen molar-refractivity contribution in [3.63, 3.8) is 0 Å². The third-order valence-corrected chi connectivity index (χ3v) is 4.49. The van der Waals surface area contributed by atoms with Crippen LogP contribution in [0.3, 0.4) is 0 Å². The van der Waals surface area contributed by atoms with Crippen LogP contribution in [0.2, 0.25) is 0 Å². The Kier molecular flexibility index (Phi) is 4.66. The smallest absolute Gasteiger partial charge is 0.323 e. The number of nitrogens with one attached hydrogen (secondary N) is 2. The molecule has 0 aliphatic heterocycles. The number of fused-ring (bicyclic) bond motifs is 1. The van der Waals surface area contributed by atoms with Crippen LogP contribution >= 0.6 is 0 Å². The first-order valence-corrected chi connectivity index (χ1v) is 9.26. The average molecular weight is 341 g/mol. The molecule has 0 saturated carbocycles. The molecule has 124 valence electrons. The number of urea groups is 1. The maximum absolute atomic E-state index is 12.3. The third-order valence-electron chi connectivity index (χ3n) is 3.77. The highest BCUT2D eigenvalue weighted by Crippen LogP contribution is 2.21. The van der Waals surface area contributed by atoms with Crippen LogP contribution in [0.15, 0.2) is 54.7 Å². The first-order valence-electron chi connectivity index (χ1n) is 7.54. The molecule has 0 aliphatic rings. The lowest BCUT2D eigenvalue weighted by atomic mass is 10.2. The van der Waals surface area contributed by atoms with Crippen molar-refractivity contribution in [1.29, 1.82) is 0 Å². The van der Waals surface area contributed by atoms with Gasteiger partial charge in [0.05, 0.1) is 5.75 Å². The molecule has 0 aliphatic carbocycles. The summed E-state index contributed by atoms with van der Waals surface area (Å²) < 4.78 is 13.5. The van der Waals surface area contributed by atoms with Gasteiger partial charge in [0, 0.05) is 47.2 Å². The number of carbonyl (C=O) groups excluding carboxylic acids is 1. The largest absolute Gasteiger partial charge is 0.350 e. The highest BCUT2D eigenvalue weighted by molar-refractivity contribution is 7.83. The first-order chi connectivity index (χ1) is 11.5. The summed E-state index contributed by atoms with van der Waals surface area (Å²) in [5.41, 5.74) is 3.30. The molecule has 0 unspecified atom stereocenters. The van der Waals surface area contributed by atoms with E-state index in [0.717, 1.165) is 22.2 Å². The van der Waals surface area contributed by atoms with E-state index in [4.69, 9.17) is 0 Å². The molecular formula is C18H19N3O2S. The Balaban J connectivity index is 1.75. The summed E-state index contributed by atoms with van der Waals surface area (Å²) in [7, 11) is 0.998. The van der Waals surface area contributed by atoms with Crippen molar-refractivity contribution in [2.45, 2.75) is 5.75 Å². The fourth-order valence-corrected chi connectivity index (χ4v) is 3.30. The molecule has 24 heavy (non-hydrogen) atoms. The normalized spacial score (nSPS) is 12.1. The van der Waals surface area contributed by atoms with E-state index in [1.54, 1.807) is 6.26 Å². The fourth-order valence-electron chi connectivity index (χ4n) is 2.61. The Morgan fingerprint density at radius 3 is 2.71 bits per heavy atom. The minimum absolute atomic E-state index is 0.321. The zero-order chi connectivity index (χ0) is 17.1. The molecular weight excluding hydrogens is 322 g/mol. The molecule has 0 fully saturated rings. The number of rotatable bonds is 4. The molecule has 2 amide bonds. The fraction of sp³-hybridized carbons (Fsp3) is 0.167. The summed E-state index contributed by atoms with van der Waals surface area (Å²) in [6.07, 6.45) is 3.63. The third kappa shape index (κ3) is 3.65. The van der Waals surface area contributed by atoms with Crippen molar-refractivity contribution in [2.24, 2.45) is 7.05 Å². The van der Waals surface area contributed by atoms with Gasteiger partial charge in [-0.3, -0.25) is 4.21 Å². The van der Waals surface area contributed by atoms with E-state index in [1.165, 1.54) is 0 Å². The number of anilines is 2. The van der Waals surface area contributed by atoms with Gasteiger partial charge in [-0.25, -0.2) is 4.79 Å². The quantitative estimate of drug-likeness (QED) is 0.760. The van der Waals surface area contributed by atoms with Crippen LogP contribution < -0.4 is 10.6 Å². The van der Waals surface area contributed by atoms with Gasteiger partial charge < -0.3 is 15.2 Å². The van der Waals surface area contributed by atoms with Crippen molar-refractivity contribution >= 4 is 39.1 Å². The Hall–Kier alpha value is -2.60. The van der Waals surface area contributed by atoms with Crippen LogP contribution in [0.25, 0.3) is 10.9 Å². The summed E-state index contributed by atoms with van der Waals surface area (Å²) in [5, 5.41) is 6.79. The Morgan fingerprint density at radius 2 is 1.92 bits per heavy atom. The van der Waals surface area contributed by atoms with Crippen LogP contribution in [-0.2, 0) is 23.6 Å². The predicted molar refractivity (Wildman–Crippen MR) is 99.8 cm³/mol. The van der Waals surface area contributed by atoms with Crippen LogP contribution in [0, 0.1) is 0 Å². The van der Waals surface area contributed by atoms with E-state index in [2.05, 4.69) is 10.6 Å². The van der Waals surface area contributed by atoms with Crippen molar-refractivity contribution in [3.8, 4) is 0 Å². The lowest BCUT2D eigenvalue weighted by Crippen LogP contribution is -2.20. The highest BCUT2D eigenvalue weighted by atomic mass is 32.2. The van der Waals surface area contributed by atoms with Gasteiger partial charge in [-0.1, -0.05) is 24.3 Å². The lowest BCUT2D eigenvalue weighted by molar-refractivity contribution is 0.262. The zero-order valence-electron chi connectivity index (χ0n) is 13.6. The molecule has 1 aromatic heterocycles. The molecule has 3 aromatic rings.